The lowest BCUT2D eigenvalue weighted by atomic mass is 9.86. The van der Waals surface area contributed by atoms with Crippen molar-refractivity contribution in [3.63, 3.8) is 0 Å². The third-order valence-electron chi connectivity index (χ3n) is 5.24. The lowest BCUT2D eigenvalue weighted by molar-refractivity contribution is -0.125. The highest BCUT2D eigenvalue weighted by Crippen LogP contribution is 2.40. The Balaban J connectivity index is 1.45. The van der Waals surface area contributed by atoms with E-state index in [-0.39, 0.29) is 29.1 Å². The van der Waals surface area contributed by atoms with Gasteiger partial charge in [-0.3, -0.25) is 9.59 Å². The molecule has 0 aromatic heterocycles. The van der Waals surface area contributed by atoms with Crippen LogP contribution in [0.3, 0.4) is 0 Å². The molecule has 1 saturated carbocycles. The highest BCUT2D eigenvalue weighted by Gasteiger charge is 2.48. The monoisotopic (exact) mass is 378 g/mol. The molecule has 2 amide bonds. The van der Waals surface area contributed by atoms with Crippen molar-refractivity contribution in [2.75, 3.05) is 11.9 Å². The van der Waals surface area contributed by atoms with E-state index < -0.39 is 0 Å². The SMILES string of the molecule is CC(C)(C)c1ccccc1NC(=O)C1CC1C(=O)NCCCc1ccccc1. The van der Waals surface area contributed by atoms with Gasteiger partial charge < -0.3 is 10.6 Å². The summed E-state index contributed by atoms with van der Waals surface area (Å²) < 4.78 is 0. The summed E-state index contributed by atoms with van der Waals surface area (Å²) in [5, 5.41) is 6.01. The zero-order valence-electron chi connectivity index (χ0n) is 17.0. The summed E-state index contributed by atoms with van der Waals surface area (Å²) in [6.45, 7) is 7.02. The lowest BCUT2D eigenvalue weighted by Crippen LogP contribution is -2.28. The van der Waals surface area contributed by atoms with E-state index in [4.69, 9.17) is 0 Å². The van der Waals surface area contributed by atoms with Crippen LogP contribution in [0, 0.1) is 11.8 Å². The smallest absolute Gasteiger partial charge is 0.228 e. The number of carbonyl (C=O) groups is 2. The predicted molar refractivity (Wildman–Crippen MR) is 113 cm³/mol. The van der Waals surface area contributed by atoms with E-state index in [2.05, 4.69) is 43.5 Å². The van der Waals surface area contributed by atoms with E-state index in [0.29, 0.717) is 13.0 Å². The Morgan fingerprint density at radius 2 is 1.57 bits per heavy atom. The van der Waals surface area contributed by atoms with Crippen molar-refractivity contribution in [3.8, 4) is 0 Å². The van der Waals surface area contributed by atoms with E-state index in [1.807, 2.05) is 42.5 Å². The standard InChI is InChI=1S/C24H30N2O2/c1-24(2,3)20-13-7-8-14-21(20)26-23(28)19-16-18(19)22(27)25-15-9-12-17-10-5-4-6-11-17/h4-8,10-11,13-14,18-19H,9,12,15-16H2,1-3H3,(H,25,27)(H,26,28). The highest BCUT2D eigenvalue weighted by atomic mass is 16.2. The maximum Gasteiger partial charge on any atom is 0.228 e. The van der Waals surface area contributed by atoms with E-state index in [1.54, 1.807) is 0 Å². The molecule has 0 spiro atoms. The molecule has 2 aromatic carbocycles. The predicted octanol–water partition coefficient (Wildman–Crippen LogP) is 4.31. The van der Waals surface area contributed by atoms with Gasteiger partial charge in [-0.2, -0.15) is 0 Å². The zero-order valence-corrected chi connectivity index (χ0v) is 17.0. The highest BCUT2D eigenvalue weighted by molar-refractivity contribution is 6.00. The van der Waals surface area contributed by atoms with Crippen molar-refractivity contribution in [2.45, 2.75) is 45.4 Å². The maximum atomic E-state index is 12.6. The number of anilines is 1. The van der Waals surface area contributed by atoms with E-state index in [1.165, 1.54) is 5.56 Å². The Kier molecular flexibility index (Phi) is 6.18. The summed E-state index contributed by atoms with van der Waals surface area (Å²) in [4.78, 5) is 24.9. The Hall–Kier alpha value is -2.62. The third kappa shape index (κ3) is 5.22. The molecule has 2 atom stereocenters. The molecule has 3 rings (SSSR count). The minimum absolute atomic E-state index is 0.00248. The first-order valence-corrected chi connectivity index (χ1v) is 10.1. The molecule has 148 valence electrons. The second kappa shape index (κ2) is 8.59. The van der Waals surface area contributed by atoms with Gasteiger partial charge in [-0.25, -0.2) is 0 Å². The van der Waals surface area contributed by atoms with Gasteiger partial charge in [-0.15, -0.1) is 0 Å². The fraction of sp³-hybridized carbons (Fsp3) is 0.417. The van der Waals surface area contributed by atoms with Gasteiger partial charge in [-0.05, 0) is 41.9 Å². The van der Waals surface area contributed by atoms with Crippen LogP contribution in [0.2, 0.25) is 0 Å². The van der Waals surface area contributed by atoms with Gasteiger partial charge in [0.15, 0.2) is 0 Å². The molecule has 0 bridgehead atoms. The molecule has 2 N–H and O–H groups in total. The number of benzene rings is 2. The molecule has 4 nitrogen and oxygen atoms in total. The number of hydrogen-bond donors (Lipinski definition) is 2. The first kappa shape index (κ1) is 20.1. The molecule has 0 radical (unpaired) electrons. The molecule has 2 unspecified atom stereocenters. The van der Waals surface area contributed by atoms with Gasteiger partial charge in [-0.1, -0.05) is 69.3 Å². The van der Waals surface area contributed by atoms with E-state index >= 15 is 0 Å². The van der Waals surface area contributed by atoms with Crippen LogP contribution in [-0.4, -0.2) is 18.4 Å². The molecule has 28 heavy (non-hydrogen) atoms. The topological polar surface area (TPSA) is 58.2 Å². The van der Waals surface area contributed by atoms with Crippen molar-refractivity contribution in [1.82, 2.24) is 5.32 Å². The fourth-order valence-corrected chi connectivity index (χ4v) is 3.53. The molecule has 0 heterocycles. The molecular weight excluding hydrogens is 348 g/mol. The molecular formula is C24H30N2O2. The third-order valence-corrected chi connectivity index (χ3v) is 5.24. The van der Waals surface area contributed by atoms with E-state index in [0.717, 1.165) is 24.1 Å². The molecule has 0 aliphatic heterocycles. The number of para-hydroxylation sites is 1. The number of rotatable bonds is 7. The number of amides is 2. The molecule has 1 aliphatic rings. The summed E-state index contributed by atoms with van der Waals surface area (Å²) in [5.74, 6) is -0.473. The average Bonchev–Trinajstić information content (AvgIpc) is 3.47. The Labute approximate surface area is 167 Å². The first-order valence-electron chi connectivity index (χ1n) is 10.1. The quantitative estimate of drug-likeness (QED) is 0.706. The summed E-state index contributed by atoms with van der Waals surface area (Å²) in [5.41, 5.74) is 3.17. The minimum atomic E-state index is -0.220. The van der Waals surface area contributed by atoms with Crippen LogP contribution in [-0.2, 0) is 21.4 Å². The molecule has 4 heteroatoms. The summed E-state index contributed by atoms with van der Waals surface area (Å²) in [7, 11) is 0. The van der Waals surface area contributed by atoms with Crippen molar-refractivity contribution in [3.05, 3.63) is 65.7 Å². The zero-order chi connectivity index (χ0) is 20.1. The van der Waals surface area contributed by atoms with Gasteiger partial charge in [0.05, 0.1) is 11.8 Å². The second-order valence-corrected chi connectivity index (χ2v) is 8.61. The molecule has 1 fully saturated rings. The van der Waals surface area contributed by atoms with Crippen molar-refractivity contribution in [2.24, 2.45) is 11.8 Å². The second-order valence-electron chi connectivity index (χ2n) is 8.61. The van der Waals surface area contributed by atoms with Gasteiger partial charge >= 0.3 is 0 Å². The van der Waals surface area contributed by atoms with Crippen molar-refractivity contribution >= 4 is 17.5 Å². The van der Waals surface area contributed by atoms with Crippen LogP contribution in [0.5, 0.6) is 0 Å². The Morgan fingerprint density at radius 1 is 0.929 bits per heavy atom. The van der Waals surface area contributed by atoms with Crippen molar-refractivity contribution < 1.29 is 9.59 Å². The molecule has 2 aromatic rings. The van der Waals surface area contributed by atoms with Crippen LogP contribution in [0.1, 0.15) is 44.7 Å². The van der Waals surface area contributed by atoms with Crippen LogP contribution in [0.25, 0.3) is 0 Å². The maximum absolute atomic E-state index is 12.6. The average molecular weight is 379 g/mol. The van der Waals surface area contributed by atoms with Gasteiger partial charge in [0.2, 0.25) is 11.8 Å². The summed E-state index contributed by atoms with van der Waals surface area (Å²) in [6.07, 6.45) is 2.48. The number of aryl methyl sites for hydroxylation is 1. The largest absolute Gasteiger partial charge is 0.356 e. The summed E-state index contributed by atoms with van der Waals surface area (Å²) >= 11 is 0. The van der Waals surface area contributed by atoms with Gasteiger partial charge in [0.25, 0.3) is 0 Å². The fourth-order valence-electron chi connectivity index (χ4n) is 3.53. The molecule has 0 saturated heterocycles. The number of carbonyl (C=O) groups excluding carboxylic acids is 2. The van der Waals surface area contributed by atoms with Crippen LogP contribution >= 0.6 is 0 Å². The normalized spacial score (nSPS) is 18.4. The number of hydrogen-bond acceptors (Lipinski definition) is 2. The van der Waals surface area contributed by atoms with Crippen molar-refractivity contribution in [1.29, 1.82) is 0 Å². The number of nitrogens with one attached hydrogen (secondary N) is 2. The Morgan fingerprint density at radius 3 is 2.29 bits per heavy atom. The first-order chi connectivity index (χ1) is 13.4. The van der Waals surface area contributed by atoms with Crippen LogP contribution < -0.4 is 10.6 Å². The Bertz CT molecular complexity index is 824. The van der Waals surface area contributed by atoms with E-state index in [9.17, 15) is 9.59 Å². The molecule has 1 aliphatic carbocycles. The van der Waals surface area contributed by atoms with Gasteiger partial charge in [0, 0.05) is 12.2 Å². The minimum Gasteiger partial charge on any atom is -0.356 e. The van der Waals surface area contributed by atoms with Crippen LogP contribution in [0.15, 0.2) is 54.6 Å². The summed E-state index contributed by atoms with van der Waals surface area (Å²) in [6, 6.07) is 18.1. The lowest BCUT2D eigenvalue weighted by Gasteiger charge is -2.23. The van der Waals surface area contributed by atoms with Gasteiger partial charge in [0.1, 0.15) is 0 Å². The van der Waals surface area contributed by atoms with Crippen LogP contribution in [0.4, 0.5) is 5.69 Å².